The van der Waals surface area contributed by atoms with Crippen LogP contribution in [0.15, 0.2) is 48.5 Å². The van der Waals surface area contributed by atoms with E-state index in [-0.39, 0.29) is 11.7 Å². The Kier molecular flexibility index (Phi) is 4.26. The Labute approximate surface area is 139 Å². The van der Waals surface area contributed by atoms with E-state index in [1.807, 2.05) is 66.9 Å². The van der Waals surface area contributed by atoms with Crippen LogP contribution in [0.4, 0.5) is 0 Å². The van der Waals surface area contributed by atoms with Crippen LogP contribution in [0, 0.1) is 13.8 Å². The third kappa shape index (κ3) is 2.90. The molecule has 1 aromatic heterocycles. The van der Waals surface area contributed by atoms with E-state index in [4.69, 9.17) is 11.6 Å². The number of ketones is 1. The first-order valence-electron chi connectivity index (χ1n) is 7.29. The van der Waals surface area contributed by atoms with Gasteiger partial charge in [-0.2, -0.15) is 0 Å². The fourth-order valence-corrected chi connectivity index (χ4v) is 2.75. The normalized spacial score (nSPS) is 10.7. The summed E-state index contributed by atoms with van der Waals surface area (Å²) < 4.78 is 1.84. The third-order valence-electron chi connectivity index (χ3n) is 3.68. The summed E-state index contributed by atoms with van der Waals surface area (Å²) in [7, 11) is 0. The van der Waals surface area contributed by atoms with Crippen LogP contribution in [0.1, 0.15) is 33.1 Å². The number of carbonyl (C=O) groups excluding carboxylic acids is 1. The molecule has 3 aromatic rings. The molecular formula is C18H16ClN3O. The second kappa shape index (κ2) is 6.34. The van der Waals surface area contributed by atoms with E-state index in [0.29, 0.717) is 22.8 Å². The molecule has 116 valence electrons. The molecule has 1 heterocycles. The van der Waals surface area contributed by atoms with Crippen LogP contribution in [-0.2, 0) is 5.88 Å². The van der Waals surface area contributed by atoms with Crippen molar-refractivity contribution in [2.45, 2.75) is 19.7 Å². The van der Waals surface area contributed by atoms with Crippen molar-refractivity contribution in [3.05, 3.63) is 76.9 Å². The topological polar surface area (TPSA) is 47.8 Å². The number of hydrogen-bond donors (Lipinski definition) is 0. The van der Waals surface area contributed by atoms with E-state index >= 15 is 0 Å². The molecule has 0 unspecified atom stereocenters. The highest BCUT2D eigenvalue weighted by molar-refractivity contribution is 6.16. The van der Waals surface area contributed by atoms with Gasteiger partial charge in [-0.15, -0.1) is 21.8 Å². The minimum Gasteiger partial charge on any atom is -0.289 e. The van der Waals surface area contributed by atoms with Crippen LogP contribution in [0.25, 0.3) is 5.69 Å². The number of carbonyl (C=O) groups is 1. The molecule has 2 aromatic carbocycles. The number of aromatic nitrogens is 3. The zero-order chi connectivity index (χ0) is 16.4. The van der Waals surface area contributed by atoms with Crippen molar-refractivity contribution in [1.29, 1.82) is 0 Å². The fraction of sp³-hybridized carbons (Fsp3) is 0.167. The molecule has 0 fully saturated rings. The lowest BCUT2D eigenvalue weighted by Gasteiger charge is -2.13. The summed E-state index contributed by atoms with van der Waals surface area (Å²) in [5.41, 5.74) is 3.04. The van der Waals surface area contributed by atoms with Crippen LogP contribution < -0.4 is 0 Å². The van der Waals surface area contributed by atoms with Crippen molar-refractivity contribution < 1.29 is 4.79 Å². The Balaban J connectivity index is 2.20. The van der Waals surface area contributed by atoms with Gasteiger partial charge in [0.1, 0.15) is 5.82 Å². The molecule has 23 heavy (non-hydrogen) atoms. The smallest absolute Gasteiger partial charge is 0.195 e. The maximum absolute atomic E-state index is 12.9. The highest BCUT2D eigenvalue weighted by Gasteiger charge is 2.19. The molecule has 0 atom stereocenters. The molecule has 0 radical (unpaired) electrons. The number of halogens is 1. The maximum Gasteiger partial charge on any atom is 0.195 e. The highest BCUT2D eigenvalue weighted by Crippen LogP contribution is 2.23. The van der Waals surface area contributed by atoms with Crippen molar-refractivity contribution in [2.75, 3.05) is 0 Å². The Bertz CT molecular complexity index is 856. The van der Waals surface area contributed by atoms with Gasteiger partial charge < -0.3 is 0 Å². The Morgan fingerprint density at radius 2 is 1.83 bits per heavy atom. The second-order valence-corrected chi connectivity index (χ2v) is 5.62. The van der Waals surface area contributed by atoms with Crippen molar-refractivity contribution in [1.82, 2.24) is 14.8 Å². The number of alkyl halides is 1. The molecular weight excluding hydrogens is 310 g/mol. The van der Waals surface area contributed by atoms with Gasteiger partial charge in [-0.25, -0.2) is 0 Å². The van der Waals surface area contributed by atoms with Gasteiger partial charge in [0.2, 0.25) is 0 Å². The molecule has 0 spiro atoms. The highest BCUT2D eigenvalue weighted by atomic mass is 35.5. The van der Waals surface area contributed by atoms with E-state index in [0.717, 1.165) is 11.3 Å². The molecule has 0 aliphatic carbocycles. The van der Waals surface area contributed by atoms with Crippen LogP contribution in [-0.4, -0.2) is 20.5 Å². The summed E-state index contributed by atoms with van der Waals surface area (Å²) in [5.74, 6) is 1.52. The van der Waals surface area contributed by atoms with E-state index in [1.165, 1.54) is 0 Å². The molecule has 0 saturated carbocycles. The predicted octanol–water partition coefficient (Wildman–Crippen LogP) is 3.85. The van der Waals surface area contributed by atoms with Crippen molar-refractivity contribution in [3.63, 3.8) is 0 Å². The zero-order valence-electron chi connectivity index (χ0n) is 13.0. The van der Waals surface area contributed by atoms with Gasteiger partial charge in [0.25, 0.3) is 0 Å². The molecule has 3 rings (SSSR count). The first kappa shape index (κ1) is 15.4. The van der Waals surface area contributed by atoms with E-state index < -0.39 is 0 Å². The lowest BCUT2D eigenvalue weighted by molar-refractivity contribution is 0.103. The van der Waals surface area contributed by atoms with Gasteiger partial charge in [-0.05, 0) is 26.0 Å². The Hall–Kier alpha value is -2.46. The van der Waals surface area contributed by atoms with Crippen molar-refractivity contribution in [3.8, 4) is 5.69 Å². The summed E-state index contributed by atoms with van der Waals surface area (Å²) in [6.07, 6.45) is 0. The van der Waals surface area contributed by atoms with Gasteiger partial charge in [-0.1, -0.05) is 42.0 Å². The van der Waals surface area contributed by atoms with Crippen LogP contribution in [0.2, 0.25) is 0 Å². The second-order valence-electron chi connectivity index (χ2n) is 5.35. The summed E-state index contributed by atoms with van der Waals surface area (Å²) in [4.78, 5) is 12.9. The minimum atomic E-state index is -0.0297. The molecule has 0 saturated heterocycles. The molecule has 0 bridgehead atoms. The summed E-state index contributed by atoms with van der Waals surface area (Å²) in [5, 5.41) is 8.15. The van der Waals surface area contributed by atoms with Crippen LogP contribution in [0.3, 0.4) is 0 Å². The number of rotatable bonds is 4. The number of hydrogen-bond acceptors (Lipinski definition) is 3. The number of nitrogens with zero attached hydrogens (tertiary/aromatic N) is 3. The van der Waals surface area contributed by atoms with Gasteiger partial charge in [0, 0.05) is 11.1 Å². The van der Waals surface area contributed by atoms with E-state index in [2.05, 4.69) is 10.2 Å². The number of aryl methyl sites for hydroxylation is 2. The lowest BCUT2D eigenvalue weighted by atomic mass is 9.99. The Morgan fingerprint density at radius 3 is 2.52 bits per heavy atom. The molecule has 0 aliphatic rings. The van der Waals surface area contributed by atoms with Gasteiger partial charge in [0.15, 0.2) is 11.6 Å². The first-order chi connectivity index (χ1) is 11.1. The summed E-state index contributed by atoms with van der Waals surface area (Å²) in [6, 6.07) is 15.0. The van der Waals surface area contributed by atoms with Gasteiger partial charge >= 0.3 is 0 Å². The van der Waals surface area contributed by atoms with Crippen molar-refractivity contribution >= 4 is 17.4 Å². The Morgan fingerprint density at radius 1 is 1.09 bits per heavy atom. The molecule has 0 aliphatic heterocycles. The third-order valence-corrected chi connectivity index (χ3v) is 3.92. The quantitative estimate of drug-likeness (QED) is 0.540. The van der Waals surface area contributed by atoms with Gasteiger partial charge in [0.05, 0.1) is 11.6 Å². The summed E-state index contributed by atoms with van der Waals surface area (Å²) >= 11 is 5.97. The van der Waals surface area contributed by atoms with E-state index in [1.54, 1.807) is 0 Å². The van der Waals surface area contributed by atoms with Crippen molar-refractivity contribution in [2.24, 2.45) is 0 Å². The predicted molar refractivity (Wildman–Crippen MR) is 90.3 cm³/mol. The maximum atomic E-state index is 12.9. The monoisotopic (exact) mass is 325 g/mol. The first-order valence-corrected chi connectivity index (χ1v) is 7.83. The van der Waals surface area contributed by atoms with E-state index in [9.17, 15) is 4.79 Å². The lowest BCUT2D eigenvalue weighted by Crippen LogP contribution is -2.11. The molecule has 5 heteroatoms. The molecule has 0 N–H and O–H groups in total. The standard InChI is InChI=1S/C18H16ClN3O/c1-12-8-9-16(22-13(2)20-21-17(22)11-19)15(10-12)18(23)14-6-4-3-5-7-14/h3-10H,11H2,1-2H3. The van der Waals surface area contributed by atoms with Crippen LogP contribution in [0.5, 0.6) is 0 Å². The van der Waals surface area contributed by atoms with Crippen LogP contribution >= 0.6 is 11.6 Å². The molecule has 4 nitrogen and oxygen atoms in total. The minimum absolute atomic E-state index is 0.0297. The zero-order valence-corrected chi connectivity index (χ0v) is 13.7. The number of benzene rings is 2. The average Bonchev–Trinajstić information content (AvgIpc) is 2.95. The largest absolute Gasteiger partial charge is 0.289 e. The summed E-state index contributed by atoms with van der Waals surface area (Å²) in [6.45, 7) is 3.81. The van der Waals surface area contributed by atoms with Gasteiger partial charge in [-0.3, -0.25) is 9.36 Å². The molecule has 0 amide bonds. The average molecular weight is 326 g/mol. The fourth-order valence-electron chi connectivity index (χ4n) is 2.58. The SMILES string of the molecule is Cc1ccc(-n2c(C)nnc2CCl)c(C(=O)c2ccccc2)c1.